The van der Waals surface area contributed by atoms with Crippen molar-refractivity contribution in [3.05, 3.63) is 35.4 Å². The van der Waals surface area contributed by atoms with E-state index in [0.29, 0.717) is 12.1 Å². The number of rotatable bonds is 5. The summed E-state index contributed by atoms with van der Waals surface area (Å²) < 4.78 is 9.96. The number of methoxy groups -OCH3 is 2. The number of carbonyl (C=O) groups excluding carboxylic acids is 1. The average molecular weight is 223 g/mol. The Kier molecular flexibility index (Phi) is 4.95. The summed E-state index contributed by atoms with van der Waals surface area (Å²) in [5.41, 5.74) is 1.62. The van der Waals surface area contributed by atoms with Crippen LogP contribution in [0, 0.1) is 6.92 Å². The maximum Gasteiger partial charge on any atom is 0.251 e. The van der Waals surface area contributed by atoms with Crippen LogP contribution >= 0.6 is 0 Å². The van der Waals surface area contributed by atoms with Gasteiger partial charge in [0.1, 0.15) is 0 Å². The summed E-state index contributed by atoms with van der Waals surface area (Å²) in [7, 11) is 3.07. The molecule has 0 fully saturated rings. The molecule has 1 amide bonds. The highest BCUT2D eigenvalue weighted by Crippen LogP contribution is 2.06. The Hall–Kier alpha value is -1.39. The van der Waals surface area contributed by atoms with Gasteiger partial charge in [0.2, 0.25) is 0 Å². The number of ether oxygens (including phenoxy) is 2. The van der Waals surface area contributed by atoms with E-state index in [-0.39, 0.29) is 5.91 Å². The number of hydrogen-bond donors (Lipinski definition) is 1. The minimum absolute atomic E-state index is 0.114. The second-order valence-corrected chi connectivity index (χ2v) is 3.43. The van der Waals surface area contributed by atoms with E-state index in [2.05, 4.69) is 5.32 Å². The topological polar surface area (TPSA) is 47.6 Å². The number of aryl methyl sites for hydroxylation is 1. The highest BCUT2D eigenvalue weighted by atomic mass is 16.7. The standard InChI is InChI=1S/C12H17NO3/c1-9-6-4-5-7-10(9)12(14)13-8-11(15-2)16-3/h4-7,11H,8H2,1-3H3,(H,13,14). The molecule has 1 aromatic rings. The van der Waals surface area contributed by atoms with Crippen LogP contribution in [0.1, 0.15) is 15.9 Å². The maximum atomic E-state index is 11.8. The predicted molar refractivity (Wildman–Crippen MR) is 61.3 cm³/mol. The lowest BCUT2D eigenvalue weighted by molar-refractivity contribution is -0.0974. The van der Waals surface area contributed by atoms with E-state index in [1.54, 1.807) is 6.07 Å². The largest absolute Gasteiger partial charge is 0.354 e. The van der Waals surface area contributed by atoms with Crippen LogP contribution in [0.15, 0.2) is 24.3 Å². The van der Waals surface area contributed by atoms with Crippen molar-refractivity contribution in [2.24, 2.45) is 0 Å². The Morgan fingerprint density at radius 3 is 2.50 bits per heavy atom. The number of carbonyl (C=O) groups is 1. The molecule has 0 radical (unpaired) electrons. The van der Waals surface area contributed by atoms with Crippen LogP contribution < -0.4 is 5.32 Å². The van der Waals surface area contributed by atoms with Crippen LogP contribution in [0.4, 0.5) is 0 Å². The van der Waals surface area contributed by atoms with Crippen LogP contribution in [-0.4, -0.2) is 33.0 Å². The first kappa shape index (κ1) is 12.7. The fourth-order valence-corrected chi connectivity index (χ4v) is 1.36. The first-order valence-corrected chi connectivity index (χ1v) is 5.08. The molecule has 0 saturated carbocycles. The van der Waals surface area contributed by atoms with Crippen molar-refractivity contribution in [3.63, 3.8) is 0 Å². The number of amides is 1. The van der Waals surface area contributed by atoms with Crippen LogP contribution in [0.2, 0.25) is 0 Å². The summed E-state index contributed by atoms with van der Waals surface area (Å²) in [5, 5.41) is 2.75. The highest BCUT2D eigenvalue weighted by Gasteiger charge is 2.10. The third-order valence-electron chi connectivity index (χ3n) is 2.34. The summed E-state index contributed by atoms with van der Waals surface area (Å²) in [4.78, 5) is 11.8. The maximum absolute atomic E-state index is 11.8. The zero-order valence-electron chi connectivity index (χ0n) is 9.82. The molecular weight excluding hydrogens is 206 g/mol. The van der Waals surface area contributed by atoms with Gasteiger partial charge in [-0.1, -0.05) is 18.2 Å². The molecule has 0 aliphatic rings. The molecule has 88 valence electrons. The molecular formula is C12H17NO3. The molecule has 4 nitrogen and oxygen atoms in total. The van der Waals surface area contributed by atoms with E-state index >= 15 is 0 Å². The number of benzene rings is 1. The van der Waals surface area contributed by atoms with E-state index < -0.39 is 6.29 Å². The molecule has 0 saturated heterocycles. The number of nitrogens with one attached hydrogen (secondary N) is 1. The van der Waals surface area contributed by atoms with Gasteiger partial charge in [-0.2, -0.15) is 0 Å². The Balaban J connectivity index is 2.56. The van der Waals surface area contributed by atoms with Gasteiger partial charge >= 0.3 is 0 Å². The lowest BCUT2D eigenvalue weighted by atomic mass is 10.1. The van der Waals surface area contributed by atoms with Crippen molar-refractivity contribution >= 4 is 5.91 Å². The lowest BCUT2D eigenvalue weighted by Gasteiger charge is -2.14. The SMILES string of the molecule is COC(CNC(=O)c1ccccc1C)OC. The molecule has 0 aliphatic carbocycles. The zero-order chi connectivity index (χ0) is 12.0. The lowest BCUT2D eigenvalue weighted by Crippen LogP contribution is -2.34. The highest BCUT2D eigenvalue weighted by molar-refractivity contribution is 5.95. The van der Waals surface area contributed by atoms with Gasteiger partial charge in [-0.05, 0) is 18.6 Å². The fraction of sp³-hybridized carbons (Fsp3) is 0.417. The molecule has 0 unspecified atom stereocenters. The minimum atomic E-state index is -0.409. The van der Waals surface area contributed by atoms with Gasteiger partial charge in [-0.3, -0.25) is 4.79 Å². The first-order valence-electron chi connectivity index (χ1n) is 5.08. The van der Waals surface area contributed by atoms with Gasteiger partial charge in [0.05, 0.1) is 6.54 Å². The van der Waals surface area contributed by atoms with Gasteiger partial charge in [-0.15, -0.1) is 0 Å². The molecule has 0 aliphatic heterocycles. The first-order chi connectivity index (χ1) is 7.69. The van der Waals surface area contributed by atoms with Gasteiger partial charge < -0.3 is 14.8 Å². The zero-order valence-corrected chi connectivity index (χ0v) is 9.82. The van der Waals surface area contributed by atoms with Crippen LogP contribution in [0.5, 0.6) is 0 Å². The summed E-state index contributed by atoms with van der Waals surface area (Å²) in [5.74, 6) is -0.114. The van der Waals surface area contributed by atoms with Gasteiger partial charge in [0.15, 0.2) is 6.29 Å². The normalized spacial score (nSPS) is 10.5. The van der Waals surface area contributed by atoms with Crippen molar-refractivity contribution in [1.29, 1.82) is 0 Å². The van der Waals surface area contributed by atoms with E-state index in [4.69, 9.17) is 9.47 Å². The van der Waals surface area contributed by atoms with Crippen LogP contribution in [0.25, 0.3) is 0 Å². The van der Waals surface area contributed by atoms with Gasteiger partial charge in [-0.25, -0.2) is 0 Å². The molecule has 0 spiro atoms. The summed E-state index contributed by atoms with van der Waals surface area (Å²) in [6.07, 6.45) is -0.409. The molecule has 1 rings (SSSR count). The molecule has 1 N–H and O–H groups in total. The van der Waals surface area contributed by atoms with Crippen molar-refractivity contribution in [1.82, 2.24) is 5.32 Å². The van der Waals surface area contributed by atoms with Crippen molar-refractivity contribution in [2.75, 3.05) is 20.8 Å². The van der Waals surface area contributed by atoms with E-state index in [1.165, 1.54) is 14.2 Å². The third kappa shape index (κ3) is 3.32. The van der Waals surface area contributed by atoms with Crippen LogP contribution in [0.3, 0.4) is 0 Å². The molecule has 4 heteroatoms. The molecule has 0 atom stereocenters. The van der Waals surface area contributed by atoms with Gasteiger partial charge in [0, 0.05) is 19.8 Å². The molecule has 0 heterocycles. The Morgan fingerprint density at radius 2 is 1.94 bits per heavy atom. The van der Waals surface area contributed by atoms with Crippen LogP contribution in [-0.2, 0) is 9.47 Å². The predicted octanol–water partition coefficient (Wildman–Crippen LogP) is 1.34. The van der Waals surface area contributed by atoms with E-state index in [1.807, 2.05) is 25.1 Å². The molecule has 0 aromatic heterocycles. The van der Waals surface area contributed by atoms with E-state index in [9.17, 15) is 4.79 Å². The summed E-state index contributed by atoms with van der Waals surface area (Å²) in [6, 6.07) is 7.43. The van der Waals surface area contributed by atoms with Crippen molar-refractivity contribution in [3.8, 4) is 0 Å². The minimum Gasteiger partial charge on any atom is -0.354 e. The summed E-state index contributed by atoms with van der Waals surface area (Å²) >= 11 is 0. The van der Waals surface area contributed by atoms with E-state index in [0.717, 1.165) is 5.56 Å². The smallest absolute Gasteiger partial charge is 0.251 e. The second-order valence-electron chi connectivity index (χ2n) is 3.43. The Morgan fingerprint density at radius 1 is 1.31 bits per heavy atom. The van der Waals surface area contributed by atoms with Crippen molar-refractivity contribution in [2.45, 2.75) is 13.2 Å². The second kappa shape index (κ2) is 6.25. The van der Waals surface area contributed by atoms with Gasteiger partial charge in [0.25, 0.3) is 5.91 Å². The number of hydrogen-bond acceptors (Lipinski definition) is 3. The Labute approximate surface area is 95.6 Å². The summed E-state index contributed by atoms with van der Waals surface area (Å²) in [6.45, 7) is 2.24. The third-order valence-corrected chi connectivity index (χ3v) is 2.34. The molecule has 0 bridgehead atoms. The monoisotopic (exact) mass is 223 g/mol. The quantitative estimate of drug-likeness (QED) is 0.766. The average Bonchev–Trinajstić information content (AvgIpc) is 2.30. The van der Waals surface area contributed by atoms with Crippen molar-refractivity contribution < 1.29 is 14.3 Å². The Bertz CT molecular complexity index is 348. The molecule has 1 aromatic carbocycles. The fourth-order valence-electron chi connectivity index (χ4n) is 1.36. The molecule has 16 heavy (non-hydrogen) atoms.